The maximum atomic E-state index is 12.8. The summed E-state index contributed by atoms with van der Waals surface area (Å²) in [5.41, 5.74) is 2.42. The maximum absolute atomic E-state index is 12.8. The number of nitrogens with zero attached hydrogens (tertiary/aromatic N) is 2. The fourth-order valence-corrected chi connectivity index (χ4v) is 9.03. The van der Waals surface area contributed by atoms with Crippen LogP contribution in [0.1, 0.15) is 77.0 Å². The third kappa shape index (κ3) is 3.66. The van der Waals surface area contributed by atoms with Crippen molar-refractivity contribution in [2.75, 3.05) is 0 Å². The zero-order valence-corrected chi connectivity index (χ0v) is 21.8. The lowest BCUT2D eigenvalue weighted by atomic mass is 9.45. The monoisotopic (exact) mass is 505 g/mol. The Labute approximate surface area is 216 Å². The topological polar surface area (TPSA) is 115 Å². The molecule has 8 heteroatoms. The number of hydrogen-bond acceptors (Lipinski definition) is 6. The Hall–Kier alpha value is -3.03. The number of nitrogens with one attached hydrogen (secondary N) is 1. The van der Waals surface area contributed by atoms with E-state index in [0.717, 1.165) is 62.6 Å². The first-order valence-corrected chi connectivity index (χ1v) is 13.7. The van der Waals surface area contributed by atoms with E-state index in [1.807, 2.05) is 0 Å². The van der Waals surface area contributed by atoms with E-state index in [-0.39, 0.29) is 28.6 Å². The number of carbonyl (C=O) groups excluding carboxylic acids is 1. The summed E-state index contributed by atoms with van der Waals surface area (Å²) in [6.07, 6.45) is 8.14. The van der Waals surface area contributed by atoms with Crippen LogP contribution in [0.2, 0.25) is 0 Å². The largest absolute Gasteiger partial charge is 0.463 e. The lowest BCUT2D eigenvalue weighted by molar-refractivity contribution is -0.384. The second-order valence-corrected chi connectivity index (χ2v) is 12.3. The quantitative estimate of drug-likeness (QED) is 0.342. The van der Waals surface area contributed by atoms with Gasteiger partial charge in [0, 0.05) is 24.1 Å². The molecule has 0 radical (unpaired) electrons. The van der Waals surface area contributed by atoms with Gasteiger partial charge < -0.3 is 9.72 Å². The van der Waals surface area contributed by atoms with Gasteiger partial charge in [0.05, 0.1) is 16.2 Å². The zero-order chi connectivity index (χ0) is 26.1. The van der Waals surface area contributed by atoms with Gasteiger partial charge in [-0.1, -0.05) is 26.0 Å². The molecule has 0 aliphatic heterocycles. The van der Waals surface area contributed by atoms with E-state index in [4.69, 9.17) is 4.74 Å². The summed E-state index contributed by atoms with van der Waals surface area (Å²) in [6, 6.07) is 6.61. The van der Waals surface area contributed by atoms with Crippen LogP contribution in [0.3, 0.4) is 0 Å². The van der Waals surface area contributed by atoms with Gasteiger partial charge in [-0.3, -0.25) is 14.9 Å². The maximum Gasteiger partial charge on any atom is 0.345 e. The van der Waals surface area contributed by atoms with Gasteiger partial charge in [-0.25, -0.2) is 4.79 Å². The Balaban J connectivity index is 1.36. The third-order valence-corrected chi connectivity index (χ3v) is 10.7. The molecule has 0 unspecified atom stereocenters. The first-order chi connectivity index (χ1) is 17.6. The van der Waals surface area contributed by atoms with Crippen LogP contribution >= 0.6 is 0 Å². The van der Waals surface area contributed by atoms with E-state index in [2.05, 4.69) is 23.8 Å². The Morgan fingerprint density at radius 2 is 1.92 bits per heavy atom. The number of benzene rings is 1. The average molecular weight is 506 g/mol. The minimum Gasteiger partial charge on any atom is -0.463 e. The number of aromatic amines is 1. The van der Waals surface area contributed by atoms with Gasteiger partial charge in [0.15, 0.2) is 0 Å². The highest BCUT2D eigenvalue weighted by atomic mass is 16.6. The number of para-hydroxylation sites is 1. The number of ether oxygens (including phenoxy) is 1. The molecule has 7 atom stereocenters. The molecule has 4 aliphatic carbocycles. The normalized spacial score (nSPS) is 36.0. The van der Waals surface area contributed by atoms with Crippen molar-refractivity contribution in [2.45, 2.75) is 83.7 Å². The molecule has 1 N–H and O–H groups in total. The number of hydrogen-bond donors (Lipinski definition) is 1. The van der Waals surface area contributed by atoms with E-state index in [1.54, 1.807) is 18.2 Å². The first kappa shape index (κ1) is 24.3. The molecule has 37 heavy (non-hydrogen) atoms. The molecule has 0 spiro atoms. The van der Waals surface area contributed by atoms with Gasteiger partial charge in [0.1, 0.15) is 6.10 Å². The lowest BCUT2D eigenvalue weighted by Gasteiger charge is -2.60. The highest BCUT2D eigenvalue weighted by Gasteiger charge is 2.60. The molecule has 4 aliphatic rings. The molecular weight excluding hydrogens is 470 g/mol. The summed E-state index contributed by atoms with van der Waals surface area (Å²) in [6.45, 7) is 6.25. The van der Waals surface area contributed by atoms with Crippen molar-refractivity contribution in [1.29, 1.82) is 0 Å². The summed E-state index contributed by atoms with van der Waals surface area (Å²) in [4.78, 5) is 43.1. The predicted molar refractivity (Wildman–Crippen MR) is 138 cm³/mol. The number of H-pyrrole nitrogens is 1. The van der Waals surface area contributed by atoms with Crippen molar-refractivity contribution in [2.24, 2.45) is 29.1 Å². The second kappa shape index (κ2) is 8.50. The van der Waals surface area contributed by atoms with Crippen molar-refractivity contribution in [3.05, 3.63) is 56.1 Å². The molecule has 0 amide bonds. The van der Waals surface area contributed by atoms with Crippen molar-refractivity contribution in [3.8, 4) is 11.3 Å². The summed E-state index contributed by atoms with van der Waals surface area (Å²) >= 11 is 0. The zero-order valence-electron chi connectivity index (χ0n) is 21.8. The average Bonchev–Trinajstić information content (AvgIpc) is 3.16. The molecule has 0 bridgehead atoms. The van der Waals surface area contributed by atoms with Crippen LogP contribution in [0.15, 0.2) is 29.1 Å². The summed E-state index contributed by atoms with van der Waals surface area (Å²) < 4.78 is 5.61. The Morgan fingerprint density at radius 3 is 2.68 bits per heavy atom. The Bertz CT molecular complexity index is 1340. The smallest absolute Gasteiger partial charge is 0.345 e. The van der Waals surface area contributed by atoms with Gasteiger partial charge in [-0.2, -0.15) is 4.98 Å². The number of nitro groups is 1. The molecule has 1 aromatic carbocycles. The molecule has 0 saturated heterocycles. The number of esters is 1. The molecule has 3 saturated carbocycles. The van der Waals surface area contributed by atoms with Crippen LogP contribution in [0, 0.1) is 39.2 Å². The van der Waals surface area contributed by atoms with Crippen LogP contribution < -0.4 is 5.69 Å². The summed E-state index contributed by atoms with van der Waals surface area (Å²) in [5, 5.41) is 11.8. The van der Waals surface area contributed by atoms with Crippen molar-refractivity contribution < 1.29 is 14.5 Å². The summed E-state index contributed by atoms with van der Waals surface area (Å²) in [7, 11) is 0. The molecule has 1 aromatic heterocycles. The van der Waals surface area contributed by atoms with Crippen molar-refractivity contribution in [1.82, 2.24) is 9.97 Å². The van der Waals surface area contributed by atoms with E-state index in [9.17, 15) is 19.7 Å². The number of rotatable bonds is 3. The number of nitro benzene ring substituents is 1. The van der Waals surface area contributed by atoms with Crippen LogP contribution in [0.4, 0.5) is 5.69 Å². The molecule has 1 heterocycles. The fourth-order valence-electron chi connectivity index (χ4n) is 9.03. The SMILES string of the molecule is CC(=O)O[C@H]1CC[C@@]2(C)[C@@H](CC[C@@H]3[C@@H]2CC[C@]2(C)c4[nH]c(=O)nc(-c5ccccc5[N+](=O)[O-])c4C[C@@H]32)C1. The Morgan fingerprint density at radius 1 is 1.14 bits per heavy atom. The van der Waals surface area contributed by atoms with Crippen molar-refractivity contribution >= 4 is 11.7 Å². The molecule has 196 valence electrons. The van der Waals surface area contributed by atoms with E-state index >= 15 is 0 Å². The molecular formula is C29H35N3O5. The van der Waals surface area contributed by atoms with Crippen LogP contribution in [0.5, 0.6) is 0 Å². The first-order valence-electron chi connectivity index (χ1n) is 13.7. The highest BCUT2D eigenvalue weighted by Crippen LogP contribution is 2.65. The van der Waals surface area contributed by atoms with Crippen LogP contribution in [-0.4, -0.2) is 27.0 Å². The summed E-state index contributed by atoms with van der Waals surface area (Å²) in [5.74, 6) is 1.86. The Kier molecular flexibility index (Phi) is 5.58. The third-order valence-electron chi connectivity index (χ3n) is 10.7. The minimum atomic E-state index is -0.435. The number of carbonyl (C=O) groups is 1. The fraction of sp³-hybridized carbons (Fsp3) is 0.621. The molecule has 2 aromatic rings. The van der Waals surface area contributed by atoms with Crippen LogP contribution in [-0.2, 0) is 21.4 Å². The molecule has 8 nitrogen and oxygen atoms in total. The predicted octanol–water partition coefficient (Wildman–Crippen LogP) is 5.33. The van der Waals surface area contributed by atoms with Gasteiger partial charge in [0.2, 0.25) is 0 Å². The van der Waals surface area contributed by atoms with Crippen molar-refractivity contribution in [3.63, 3.8) is 0 Å². The van der Waals surface area contributed by atoms with E-state index < -0.39 is 10.6 Å². The van der Waals surface area contributed by atoms with Gasteiger partial charge in [-0.15, -0.1) is 0 Å². The van der Waals surface area contributed by atoms with Gasteiger partial charge in [0.25, 0.3) is 5.69 Å². The van der Waals surface area contributed by atoms with Crippen LogP contribution in [0.25, 0.3) is 11.3 Å². The van der Waals surface area contributed by atoms with E-state index in [0.29, 0.717) is 34.9 Å². The molecule has 3 fully saturated rings. The van der Waals surface area contributed by atoms with Gasteiger partial charge >= 0.3 is 11.7 Å². The number of fused-ring (bicyclic) bond motifs is 7. The second-order valence-electron chi connectivity index (χ2n) is 12.3. The number of aromatic nitrogens is 2. The minimum absolute atomic E-state index is 0.0155. The lowest BCUT2D eigenvalue weighted by Crippen LogP contribution is -2.54. The van der Waals surface area contributed by atoms with E-state index in [1.165, 1.54) is 13.0 Å². The highest BCUT2D eigenvalue weighted by molar-refractivity contribution is 5.74. The van der Waals surface area contributed by atoms with Gasteiger partial charge in [-0.05, 0) is 92.1 Å². The standard InChI is InChI=1S/C29H35N3O5/c1-16(33)37-18-10-12-28(2)17(14-18)8-9-19-22(28)11-13-29(3)23(19)15-21-25(30-27(34)31-26(21)29)20-6-4-5-7-24(20)32(35)36/h4-7,17-19,22-23H,8-15H2,1-3H3,(H,30,31,34)/t17-,18-,19+,22-,23-,28-,29-/m0/s1. The molecule has 6 rings (SSSR count).